The maximum atomic E-state index is 12.0. The van der Waals surface area contributed by atoms with Crippen molar-refractivity contribution in [3.63, 3.8) is 0 Å². The Balaban J connectivity index is 1.51. The van der Waals surface area contributed by atoms with Crippen LogP contribution in [0.1, 0.15) is 12.0 Å². The van der Waals surface area contributed by atoms with Crippen LogP contribution in [-0.4, -0.2) is 5.91 Å². The first-order valence-corrected chi connectivity index (χ1v) is 8.44. The monoisotopic (exact) mass is 351 g/mol. The number of carbonyl (C=O) groups is 1. The van der Waals surface area contributed by atoms with Crippen LogP contribution in [0.15, 0.2) is 78.9 Å². The summed E-state index contributed by atoms with van der Waals surface area (Å²) < 4.78 is 5.73. The number of hydrogen-bond donors (Lipinski definition) is 1. The zero-order chi connectivity index (χ0) is 17.5. The molecule has 0 atom stereocenters. The van der Waals surface area contributed by atoms with Gasteiger partial charge in [-0.3, -0.25) is 4.79 Å². The van der Waals surface area contributed by atoms with Crippen LogP contribution in [0, 0.1) is 0 Å². The van der Waals surface area contributed by atoms with Crippen molar-refractivity contribution in [3.05, 3.63) is 89.4 Å². The summed E-state index contributed by atoms with van der Waals surface area (Å²) in [4.78, 5) is 12.0. The molecule has 3 aromatic rings. The quantitative estimate of drug-likeness (QED) is 0.618. The van der Waals surface area contributed by atoms with E-state index in [0.29, 0.717) is 22.9 Å². The number of ether oxygens (including phenoxy) is 1. The largest absolute Gasteiger partial charge is 0.457 e. The van der Waals surface area contributed by atoms with E-state index in [4.69, 9.17) is 16.3 Å². The lowest BCUT2D eigenvalue weighted by Crippen LogP contribution is -2.12. The van der Waals surface area contributed by atoms with Crippen LogP contribution in [0.5, 0.6) is 11.5 Å². The molecule has 0 fully saturated rings. The fourth-order valence-corrected chi connectivity index (χ4v) is 2.50. The fourth-order valence-electron chi connectivity index (χ4n) is 2.37. The third-order valence-corrected chi connectivity index (χ3v) is 3.92. The van der Waals surface area contributed by atoms with Crippen LogP contribution in [0.2, 0.25) is 5.02 Å². The summed E-state index contributed by atoms with van der Waals surface area (Å²) in [6.45, 7) is 0. The van der Waals surface area contributed by atoms with Gasteiger partial charge in [0.1, 0.15) is 11.5 Å². The second kappa shape index (κ2) is 8.36. The normalized spacial score (nSPS) is 10.3. The Kier molecular flexibility index (Phi) is 5.70. The number of amides is 1. The summed E-state index contributed by atoms with van der Waals surface area (Å²) in [5.41, 5.74) is 1.91. The van der Waals surface area contributed by atoms with Gasteiger partial charge in [0.25, 0.3) is 0 Å². The van der Waals surface area contributed by atoms with Crippen LogP contribution < -0.4 is 10.1 Å². The molecule has 126 valence electrons. The second-order valence-electron chi connectivity index (χ2n) is 5.61. The van der Waals surface area contributed by atoms with E-state index in [1.54, 1.807) is 12.1 Å². The number of nitrogens with one attached hydrogen (secondary N) is 1. The highest BCUT2D eigenvalue weighted by atomic mass is 35.5. The van der Waals surface area contributed by atoms with Crippen LogP contribution in [0.25, 0.3) is 0 Å². The Morgan fingerprint density at radius 2 is 1.44 bits per heavy atom. The first-order valence-electron chi connectivity index (χ1n) is 8.06. The van der Waals surface area contributed by atoms with Crippen molar-refractivity contribution in [2.75, 3.05) is 5.32 Å². The van der Waals surface area contributed by atoms with E-state index in [-0.39, 0.29) is 5.91 Å². The van der Waals surface area contributed by atoms with Crippen LogP contribution in [-0.2, 0) is 11.2 Å². The second-order valence-corrected chi connectivity index (χ2v) is 6.05. The summed E-state index contributed by atoms with van der Waals surface area (Å²) in [7, 11) is 0. The summed E-state index contributed by atoms with van der Waals surface area (Å²) in [6, 6.07) is 24.4. The SMILES string of the molecule is O=C(CCc1ccccc1)Nc1ccc(Oc2ccc(Cl)cc2)cc1. The molecule has 0 aromatic heterocycles. The van der Waals surface area contributed by atoms with Gasteiger partial charge in [0, 0.05) is 17.1 Å². The van der Waals surface area contributed by atoms with E-state index >= 15 is 0 Å². The number of benzene rings is 3. The molecule has 0 aliphatic carbocycles. The van der Waals surface area contributed by atoms with Gasteiger partial charge in [0.15, 0.2) is 0 Å². The zero-order valence-electron chi connectivity index (χ0n) is 13.6. The molecule has 0 aliphatic heterocycles. The van der Waals surface area contributed by atoms with Crippen molar-refractivity contribution < 1.29 is 9.53 Å². The minimum atomic E-state index is -0.00442. The lowest BCUT2D eigenvalue weighted by molar-refractivity contribution is -0.116. The molecule has 0 radical (unpaired) electrons. The average molecular weight is 352 g/mol. The molecule has 3 nitrogen and oxygen atoms in total. The van der Waals surface area contributed by atoms with E-state index < -0.39 is 0 Å². The Bertz CT molecular complexity index is 815. The molecular formula is C21H18ClNO2. The van der Waals surface area contributed by atoms with Crippen molar-refractivity contribution in [2.24, 2.45) is 0 Å². The summed E-state index contributed by atoms with van der Waals surface area (Å²) in [5, 5.41) is 3.57. The molecule has 25 heavy (non-hydrogen) atoms. The Morgan fingerprint density at radius 1 is 0.840 bits per heavy atom. The summed E-state index contributed by atoms with van der Waals surface area (Å²) in [5.74, 6) is 1.41. The third-order valence-electron chi connectivity index (χ3n) is 3.67. The molecule has 0 bridgehead atoms. The maximum Gasteiger partial charge on any atom is 0.224 e. The molecule has 0 saturated heterocycles. The average Bonchev–Trinajstić information content (AvgIpc) is 2.64. The lowest BCUT2D eigenvalue weighted by atomic mass is 10.1. The summed E-state index contributed by atoms with van der Waals surface area (Å²) >= 11 is 5.85. The van der Waals surface area contributed by atoms with Crippen LogP contribution in [0.4, 0.5) is 5.69 Å². The fraction of sp³-hybridized carbons (Fsp3) is 0.0952. The molecular weight excluding hydrogens is 334 g/mol. The molecule has 0 saturated carbocycles. The molecule has 0 spiro atoms. The standard InChI is InChI=1S/C21H18ClNO2/c22-17-7-11-19(12-8-17)25-20-13-9-18(10-14-20)23-21(24)15-6-16-4-2-1-3-5-16/h1-5,7-14H,6,15H2,(H,23,24). The molecule has 1 amide bonds. The van der Waals surface area contributed by atoms with Crippen molar-refractivity contribution in [3.8, 4) is 11.5 Å². The Labute approximate surface area is 152 Å². The van der Waals surface area contributed by atoms with Gasteiger partial charge in [0.2, 0.25) is 5.91 Å². The smallest absolute Gasteiger partial charge is 0.224 e. The third kappa shape index (κ3) is 5.37. The van der Waals surface area contributed by atoms with Gasteiger partial charge in [-0.2, -0.15) is 0 Å². The van der Waals surface area contributed by atoms with E-state index in [2.05, 4.69) is 5.32 Å². The van der Waals surface area contributed by atoms with Crippen molar-refractivity contribution in [2.45, 2.75) is 12.8 Å². The number of halogens is 1. The highest BCUT2D eigenvalue weighted by molar-refractivity contribution is 6.30. The van der Waals surface area contributed by atoms with Gasteiger partial charge in [-0.25, -0.2) is 0 Å². The van der Waals surface area contributed by atoms with Gasteiger partial charge in [0.05, 0.1) is 0 Å². The molecule has 0 unspecified atom stereocenters. The number of rotatable bonds is 6. The van der Waals surface area contributed by atoms with Gasteiger partial charge < -0.3 is 10.1 Å². The Hall–Kier alpha value is -2.78. The predicted octanol–water partition coefficient (Wildman–Crippen LogP) is 5.70. The van der Waals surface area contributed by atoms with Crippen molar-refractivity contribution in [1.29, 1.82) is 0 Å². The van der Waals surface area contributed by atoms with Crippen LogP contribution in [0.3, 0.4) is 0 Å². The van der Waals surface area contributed by atoms with Gasteiger partial charge in [-0.05, 0) is 60.5 Å². The van der Waals surface area contributed by atoms with E-state index in [9.17, 15) is 4.79 Å². The number of hydrogen-bond acceptors (Lipinski definition) is 2. The molecule has 4 heteroatoms. The van der Waals surface area contributed by atoms with Gasteiger partial charge in [-0.1, -0.05) is 41.9 Å². The predicted molar refractivity (Wildman–Crippen MR) is 101 cm³/mol. The number of aryl methyl sites for hydroxylation is 1. The van der Waals surface area contributed by atoms with E-state index in [1.165, 1.54) is 0 Å². The van der Waals surface area contributed by atoms with E-state index in [1.807, 2.05) is 66.7 Å². The van der Waals surface area contributed by atoms with E-state index in [0.717, 1.165) is 17.7 Å². The maximum absolute atomic E-state index is 12.0. The highest BCUT2D eigenvalue weighted by Crippen LogP contribution is 2.24. The molecule has 3 aromatic carbocycles. The highest BCUT2D eigenvalue weighted by Gasteiger charge is 2.04. The first kappa shape index (κ1) is 17.1. The first-order chi connectivity index (χ1) is 12.2. The topological polar surface area (TPSA) is 38.3 Å². The minimum absolute atomic E-state index is 0.00442. The Morgan fingerprint density at radius 3 is 2.08 bits per heavy atom. The number of anilines is 1. The molecule has 3 rings (SSSR count). The summed E-state index contributed by atoms with van der Waals surface area (Å²) in [6.07, 6.45) is 1.18. The number of carbonyl (C=O) groups excluding carboxylic acids is 1. The van der Waals surface area contributed by atoms with Gasteiger partial charge in [-0.15, -0.1) is 0 Å². The van der Waals surface area contributed by atoms with Crippen LogP contribution >= 0.6 is 11.6 Å². The molecule has 1 N–H and O–H groups in total. The van der Waals surface area contributed by atoms with Crippen molar-refractivity contribution in [1.82, 2.24) is 0 Å². The molecule has 0 aliphatic rings. The minimum Gasteiger partial charge on any atom is -0.457 e. The van der Waals surface area contributed by atoms with Gasteiger partial charge >= 0.3 is 0 Å². The van der Waals surface area contributed by atoms with Crippen molar-refractivity contribution >= 4 is 23.2 Å². The lowest BCUT2D eigenvalue weighted by Gasteiger charge is -2.08. The molecule has 0 heterocycles. The zero-order valence-corrected chi connectivity index (χ0v) is 14.4.